The Morgan fingerprint density at radius 2 is 2.10 bits per heavy atom. The third-order valence-corrected chi connectivity index (χ3v) is 4.20. The highest BCUT2D eigenvalue weighted by molar-refractivity contribution is 6.30. The predicted molar refractivity (Wildman–Crippen MR) is 75.4 cm³/mol. The van der Waals surface area contributed by atoms with Crippen molar-refractivity contribution in [2.45, 2.75) is 31.6 Å². The molecule has 2 fully saturated rings. The number of nitrogens with zero attached hydrogens (tertiary/aromatic N) is 1. The van der Waals surface area contributed by atoms with Gasteiger partial charge < -0.3 is 9.47 Å². The Hall–Kier alpha value is -0.680. The van der Waals surface area contributed by atoms with Crippen LogP contribution in [0.25, 0.3) is 0 Å². The van der Waals surface area contributed by atoms with Crippen LogP contribution >= 0.6 is 11.6 Å². The molecule has 0 amide bonds. The van der Waals surface area contributed by atoms with Gasteiger partial charge in [-0.05, 0) is 25.0 Å². The molecule has 1 aromatic carbocycles. The van der Waals surface area contributed by atoms with E-state index in [1.165, 1.54) is 6.07 Å². The highest BCUT2D eigenvalue weighted by Gasteiger charge is 2.31. The maximum Gasteiger partial charge on any atom is 0.129 e. The molecule has 0 N–H and O–H groups in total. The van der Waals surface area contributed by atoms with Crippen LogP contribution in [0.3, 0.4) is 0 Å². The van der Waals surface area contributed by atoms with Crippen molar-refractivity contribution in [3.63, 3.8) is 0 Å². The Balaban J connectivity index is 1.62. The molecule has 2 atom stereocenters. The predicted octanol–water partition coefficient (Wildman–Crippen LogP) is 2.86. The van der Waals surface area contributed by atoms with E-state index in [0.29, 0.717) is 23.7 Å². The zero-order valence-electron chi connectivity index (χ0n) is 11.4. The maximum absolute atomic E-state index is 13.8. The molecule has 0 radical (unpaired) electrons. The van der Waals surface area contributed by atoms with Gasteiger partial charge >= 0.3 is 0 Å². The molecule has 20 heavy (non-hydrogen) atoms. The largest absolute Gasteiger partial charge is 0.375 e. The minimum absolute atomic E-state index is 0.113. The van der Waals surface area contributed by atoms with Crippen LogP contribution in [0.4, 0.5) is 4.39 Å². The van der Waals surface area contributed by atoms with Crippen LogP contribution in [-0.2, 0) is 16.0 Å². The first-order valence-electron chi connectivity index (χ1n) is 7.12. The minimum atomic E-state index is -0.238. The van der Waals surface area contributed by atoms with Crippen molar-refractivity contribution in [1.82, 2.24) is 4.90 Å². The maximum atomic E-state index is 13.8. The normalized spacial score (nSPS) is 27.9. The topological polar surface area (TPSA) is 21.7 Å². The number of rotatable bonds is 3. The second-order valence-corrected chi connectivity index (χ2v) is 5.87. The van der Waals surface area contributed by atoms with Crippen LogP contribution in [0.5, 0.6) is 0 Å². The first-order valence-corrected chi connectivity index (χ1v) is 7.49. The summed E-state index contributed by atoms with van der Waals surface area (Å²) >= 11 is 5.78. The summed E-state index contributed by atoms with van der Waals surface area (Å²) in [5.41, 5.74) is 0.683. The van der Waals surface area contributed by atoms with Gasteiger partial charge in [0.05, 0.1) is 18.8 Å². The number of hydrogen-bond acceptors (Lipinski definition) is 3. The Morgan fingerprint density at radius 3 is 2.85 bits per heavy atom. The van der Waals surface area contributed by atoms with E-state index in [4.69, 9.17) is 21.1 Å². The van der Waals surface area contributed by atoms with E-state index in [1.807, 2.05) is 0 Å². The summed E-state index contributed by atoms with van der Waals surface area (Å²) in [5, 5.41) is 0.436. The van der Waals surface area contributed by atoms with Crippen LogP contribution < -0.4 is 0 Å². The highest BCUT2D eigenvalue weighted by Crippen LogP contribution is 2.23. The van der Waals surface area contributed by atoms with Gasteiger partial charge in [0.1, 0.15) is 5.82 Å². The molecule has 2 aliphatic heterocycles. The molecule has 0 unspecified atom stereocenters. The van der Waals surface area contributed by atoms with E-state index < -0.39 is 0 Å². The quantitative estimate of drug-likeness (QED) is 0.857. The molecule has 0 spiro atoms. The van der Waals surface area contributed by atoms with Crippen molar-refractivity contribution in [3.8, 4) is 0 Å². The van der Waals surface area contributed by atoms with Crippen molar-refractivity contribution in [2.75, 3.05) is 26.3 Å². The van der Waals surface area contributed by atoms with Gasteiger partial charge in [0.25, 0.3) is 0 Å². The molecule has 0 saturated carbocycles. The first kappa shape index (κ1) is 14.3. The standard InChI is InChI=1S/C15H19ClFNO2/c16-12-4-3-11(13(17)8-12)9-18-5-7-20-15(10-18)14-2-1-6-19-14/h3-4,8,14-15H,1-2,5-7,9-10H2/t14-,15-/m0/s1. The van der Waals surface area contributed by atoms with Crippen LogP contribution in [0, 0.1) is 5.82 Å². The summed E-state index contributed by atoms with van der Waals surface area (Å²) < 4.78 is 25.3. The molecule has 5 heteroatoms. The van der Waals surface area contributed by atoms with Crippen molar-refractivity contribution >= 4 is 11.6 Å². The van der Waals surface area contributed by atoms with Gasteiger partial charge in [-0.25, -0.2) is 4.39 Å². The molecule has 0 aromatic heterocycles. The third kappa shape index (κ3) is 3.31. The van der Waals surface area contributed by atoms with Crippen molar-refractivity contribution in [1.29, 1.82) is 0 Å². The number of halogens is 2. The lowest BCUT2D eigenvalue weighted by Crippen LogP contribution is -2.47. The van der Waals surface area contributed by atoms with Gasteiger partial charge in [-0.1, -0.05) is 17.7 Å². The Morgan fingerprint density at radius 1 is 1.25 bits per heavy atom. The monoisotopic (exact) mass is 299 g/mol. The molecule has 3 rings (SSSR count). The molecule has 2 heterocycles. The van der Waals surface area contributed by atoms with Crippen molar-refractivity contribution in [3.05, 3.63) is 34.6 Å². The van der Waals surface area contributed by atoms with E-state index in [9.17, 15) is 4.39 Å². The van der Waals surface area contributed by atoms with Gasteiger partial charge in [0.2, 0.25) is 0 Å². The van der Waals surface area contributed by atoms with Crippen molar-refractivity contribution < 1.29 is 13.9 Å². The molecule has 1 aromatic rings. The van der Waals surface area contributed by atoms with Gasteiger partial charge in [0.15, 0.2) is 0 Å². The molecule has 2 aliphatic rings. The highest BCUT2D eigenvalue weighted by atomic mass is 35.5. The SMILES string of the molecule is Fc1cc(Cl)ccc1CN1CCO[C@H]([C@@H]2CCCO2)C1. The Bertz CT molecular complexity index is 465. The zero-order chi connectivity index (χ0) is 13.9. The van der Waals surface area contributed by atoms with Gasteiger partial charge in [-0.3, -0.25) is 4.90 Å². The van der Waals surface area contributed by atoms with E-state index in [2.05, 4.69) is 4.90 Å². The Labute approximate surface area is 123 Å². The summed E-state index contributed by atoms with van der Waals surface area (Å²) in [6, 6.07) is 4.86. The van der Waals surface area contributed by atoms with E-state index >= 15 is 0 Å². The van der Waals surface area contributed by atoms with Crippen LogP contribution in [0.15, 0.2) is 18.2 Å². The smallest absolute Gasteiger partial charge is 0.129 e. The summed E-state index contributed by atoms with van der Waals surface area (Å²) in [6.07, 6.45) is 2.49. The lowest BCUT2D eigenvalue weighted by atomic mass is 10.1. The van der Waals surface area contributed by atoms with Gasteiger partial charge in [-0.15, -0.1) is 0 Å². The molecule has 110 valence electrons. The summed E-state index contributed by atoms with van der Waals surface area (Å²) in [4.78, 5) is 2.22. The van der Waals surface area contributed by atoms with Crippen LogP contribution in [-0.4, -0.2) is 43.4 Å². The van der Waals surface area contributed by atoms with Crippen LogP contribution in [0.1, 0.15) is 18.4 Å². The van der Waals surface area contributed by atoms with Gasteiger partial charge in [-0.2, -0.15) is 0 Å². The van der Waals surface area contributed by atoms with Crippen molar-refractivity contribution in [2.24, 2.45) is 0 Å². The molecule has 0 bridgehead atoms. The molecular weight excluding hydrogens is 281 g/mol. The number of ether oxygens (including phenoxy) is 2. The molecular formula is C15H19ClFNO2. The van der Waals surface area contributed by atoms with E-state index in [-0.39, 0.29) is 18.0 Å². The minimum Gasteiger partial charge on any atom is -0.375 e. The average Bonchev–Trinajstić information content (AvgIpc) is 2.96. The Kier molecular flexibility index (Phi) is 4.56. The number of hydrogen-bond donors (Lipinski definition) is 0. The second-order valence-electron chi connectivity index (χ2n) is 5.43. The lowest BCUT2D eigenvalue weighted by Gasteiger charge is -2.35. The number of morpholine rings is 1. The third-order valence-electron chi connectivity index (χ3n) is 3.97. The first-order chi connectivity index (χ1) is 9.72. The molecule has 2 saturated heterocycles. The van der Waals surface area contributed by atoms with E-state index in [1.54, 1.807) is 12.1 Å². The van der Waals surface area contributed by atoms with E-state index in [0.717, 1.165) is 32.5 Å². The average molecular weight is 300 g/mol. The summed E-state index contributed by atoms with van der Waals surface area (Å²) in [6.45, 7) is 3.73. The van der Waals surface area contributed by atoms with Gasteiger partial charge in [0, 0.05) is 36.8 Å². The van der Waals surface area contributed by atoms with Crippen LogP contribution in [0.2, 0.25) is 5.02 Å². The summed E-state index contributed by atoms with van der Waals surface area (Å²) in [7, 11) is 0. The molecule has 0 aliphatic carbocycles. The second kappa shape index (κ2) is 6.39. The lowest BCUT2D eigenvalue weighted by molar-refractivity contribution is -0.0961. The zero-order valence-corrected chi connectivity index (χ0v) is 12.1. The fraction of sp³-hybridized carbons (Fsp3) is 0.600. The number of benzene rings is 1. The fourth-order valence-electron chi connectivity index (χ4n) is 2.89. The summed E-state index contributed by atoms with van der Waals surface area (Å²) in [5.74, 6) is -0.238. The molecule has 3 nitrogen and oxygen atoms in total. The fourth-order valence-corrected chi connectivity index (χ4v) is 3.05.